The van der Waals surface area contributed by atoms with Gasteiger partial charge in [0.2, 0.25) is 21.8 Å². The second-order valence-corrected chi connectivity index (χ2v) is 10.3. The molecule has 2 amide bonds. The lowest BCUT2D eigenvalue weighted by Crippen LogP contribution is -2.54. The molecule has 0 radical (unpaired) electrons. The predicted octanol–water partition coefficient (Wildman–Crippen LogP) is 3.18. The average molecular weight is 458 g/mol. The molecule has 1 heterocycles. The molecule has 0 aliphatic carbocycles. The molecule has 1 fully saturated rings. The summed E-state index contributed by atoms with van der Waals surface area (Å²) in [6.07, 6.45) is 1.37. The third kappa shape index (κ3) is 5.95. The Kier molecular flexibility index (Phi) is 7.69. The van der Waals surface area contributed by atoms with E-state index in [0.29, 0.717) is 25.1 Å². The molecular weight excluding hydrogens is 426 g/mol. The van der Waals surface area contributed by atoms with Gasteiger partial charge in [-0.2, -0.15) is 4.72 Å². The molecule has 1 aliphatic rings. The number of piperidine rings is 1. The summed E-state index contributed by atoms with van der Waals surface area (Å²) in [4.78, 5) is 27.8. The van der Waals surface area contributed by atoms with Crippen molar-refractivity contribution in [1.82, 2.24) is 9.62 Å². The zero-order valence-corrected chi connectivity index (χ0v) is 19.6. The normalized spacial score (nSPS) is 17.8. The molecule has 1 saturated heterocycles. The highest BCUT2D eigenvalue weighted by atomic mass is 32.2. The fourth-order valence-corrected chi connectivity index (χ4v) is 5.12. The van der Waals surface area contributed by atoms with Gasteiger partial charge in [0, 0.05) is 18.8 Å². The monoisotopic (exact) mass is 457 g/mol. The smallest absolute Gasteiger partial charge is 0.241 e. The topological polar surface area (TPSA) is 95.6 Å². The molecule has 1 aliphatic heterocycles. The van der Waals surface area contributed by atoms with Gasteiger partial charge in [0.05, 0.1) is 10.8 Å². The Hall–Kier alpha value is -2.71. The maximum Gasteiger partial charge on any atom is 0.241 e. The number of hydrogen-bond donors (Lipinski definition) is 2. The Morgan fingerprint density at radius 1 is 1.03 bits per heavy atom. The minimum atomic E-state index is -3.85. The van der Waals surface area contributed by atoms with Crippen LogP contribution in [0.25, 0.3) is 0 Å². The van der Waals surface area contributed by atoms with Crippen LogP contribution >= 0.6 is 0 Å². The van der Waals surface area contributed by atoms with Crippen molar-refractivity contribution < 1.29 is 18.0 Å². The number of carbonyl (C=O) groups excluding carboxylic acids is 2. The van der Waals surface area contributed by atoms with Gasteiger partial charge >= 0.3 is 0 Å². The molecular formula is C24H31N3O4S. The zero-order chi connectivity index (χ0) is 23.3. The minimum absolute atomic E-state index is 0.125. The summed E-state index contributed by atoms with van der Waals surface area (Å²) in [5, 5.41) is 2.90. The molecule has 8 heteroatoms. The van der Waals surface area contributed by atoms with Gasteiger partial charge in [-0.1, -0.05) is 49.7 Å². The highest BCUT2D eigenvalue weighted by Gasteiger charge is 2.35. The predicted molar refractivity (Wildman–Crippen MR) is 125 cm³/mol. The molecule has 2 N–H and O–H groups in total. The summed E-state index contributed by atoms with van der Waals surface area (Å²) in [5.74, 6) is -1.02. The van der Waals surface area contributed by atoms with Crippen molar-refractivity contribution in [1.29, 1.82) is 0 Å². The largest absolute Gasteiger partial charge is 0.341 e. The van der Waals surface area contributed by atoms with Crippen molar-refractivity contribution in [3.05, 3.63) is 60.2 Å². The number of nitrogens with zero attached hydrogens (tertiary/aromatic N) is 1. The molecule has 3 rings (SSSR count). The molecule has 2 atom stereocenters. The highest BCUT2D eigenvalue weighted by molar-refractivity contribution is 7.89. The number of amides is 2. The van der Waals surface area contributed by atoms with E-state index in [2.05, 4.69) is 10.0 Å². The molecule has 2 aromatic rings. The number of aryl methyl sites for hydroxylation is 1. The molecule has 32 heavy (non-hydrogen) atoms. The molecule has 172 valence electrons. The zero-order valence-electron chi connectivity index (χ0n) is 18.7. The van der Waals surface area contributed by atoms with E-state index in [0.717, 1.165) is 5.56 Å². The van der Waals surface area contributed by atoms with E-state index in [1.807, 2.05) is 51.1 Å². The van der Waals surface area contributed by atoms with E-state index in [1.54, 1.807) is 17.0 Å². The fourth-order valence-electron chi connectivity index (χ4n) is 3.78. The Balaban J connectivity index is 1.70. The second-order valence-electron chi connectivity index (χ2n) is 8.63. The third-order valence-corrected chi connectivity index (χ3v) is 7.15. The first-order chi connectivity index (χ1) is 15.2. The van der Waals surface area contributed by atoms with Crippen molar-refractivity contribution in [2.24, 2.45) is 11.8 Å². The Morgan fingerprint density at radius 2 is 1.69 bits per heavy atom. The van der Waals surface area contributed by atoms with Crippen LogP contribution < -0.4 is 10.0 Å². The molecule has 0 spiro atoms. The Bertz CT molecular complexity index is 1040. The van der Waals surface area contributed by atoms with Crippen LogP contribution in [0.1, 0.15) is 32.3 Å². The van der Waals surface area contributed by atoms with Gasteiger partial charge in [0.1, 0.15) is 6.04 Å². The van der Waals surface area contributed by atoms with Crippen LogP contribution in [-0.4, -0.2) is 44.3 Å². The van der Waals surface area contributed by atoms with E-state index in [9.17, 15) is 18.0 Å². The van der Waals surface area contributed by atoms with Gasteiger partial charge < -0.3 is 10.2 Å². The number of anilines is 1. The molecule has 2 aromatic carbocycles. The van der Waals surface area contributed by atoms with Gasteiger partial charge in [-0.05, 0) is 49.9 Å². The van der Waals surface area contributed by atoms with Crippen LogP contribution in [0.15, 0.2) is 59.5 Å². The molecule has 0 aromatic heterocycles. The first-order valence-electron chi connectivity index (χ1n) is 10.9. The van der Waals surface area contributed by atoms with Gasteiger partial charge in [0.15, 0.2) is 0 Å². The number of benzene rings is 2. The number of sulfonamides is 1. The summed E-state index contributed by atoms with van der Waals surface area (Å²) in [6, 6.07) is 14.8. The Labute approximate surface area is 190 Å². The summed E-state index contributed by atoms with van der Waals surface area (Å²) in [5.41, 5.74) is 1.67. The number of para-hydroxylation sites is 1. The number of carbonyl (C=O) groups is 2. The van der Waals surface area contributed by atoms with Crippen molar-refractivity contribution >= 4 is 27.5 Å². The summed E-state index contributed by atoms with van der Waals surface area (Å²) in [7, 11) is -3.85. The standard InChI is InChI=1S/C24H31N3O4S/c1-17(2)22(26-32(30,31)21-13-11-18(3)12-14-21)24(29)27-15-7-8-19(16-27)23(28)25-20-9-5-4-6-10-20/h4-6,9-14,17,19,22,26H,7-8,15-16H2,1-3H3,(H,25,28)/t19?,22-/m0/s1. The quantitative estimate of drug-likeness (QED) is 0.668. The third-order valence-electron chi connectivity index (χ3n) is 5.69. The Morgan fingerprint density at radius 3 is 2.31 bits per heavy atom. The van der Waals surface area contributed by atoms with E-state index in [4.69, 9.17) is 0 Å². The second kappa shape index (κ2) is 10.3. The van der Waals surface area contributed by atoms with Crippen molar-refractivity contribution in [2.75, 3.05) is 18.4 Å². The maximum atomic E-state index is 13.3. The number of hydrogen-bond acceptors (Lipinski definition) is 4. The van der Waals surface area contributed by atoms with Gasteiger partial charge in [0.25, 0.3) is 0 Å². The first kappa shape index (κ1) is 23.9. The average Bonchev–Trinajstić information content (AvgIpc) is 2.78. The lowest BCUT2D eigenvalue weighted by atomic mass is 9.95. The maximum absolute atomic E-state index is 13.3. The number of nitrogens with one attached hydrogen (secondary N) is 2. The molecule has 0 bridgehead atoms. The first-order valence-corrected chi connectivity index (χ1v) is 12.4. The fraction of sp³-hybridized carbons (Fsp3) is 0.417. The van der Waals surface area contributed by atoms with Gasteiger partial charge in [-0.3, -0.25) is 9.59 Å². The van der Waals surface area contributed by atoms with Crippen molar-refractivity contribution in [3.63, 3.8) is 0 Å². The van der Waals surface area contributed by atoms with Crippen molar-refractivity contribution in [2.45, 2.75) is 44.6 Å². The number of likely N-dealkylation sites (tertiary alicyclic amines) is 1. The molecule has 0 saturated carbocycles. The summed E-state index contributed by atoms with van der Waals surface area (Å²) >= 11 is 0. The molecule has 1 unspecified atom stereocenters. The lowest BCUT2D eigenvalue weighted by Gasteiger charge is -2.35. The van der Waals surface area contributed by atoms with Crippen LogP contribution in [0.2, 0.25) is 0 Å². The molecule has 7 nitrogen and oxygen atoms in total. The summed E-state index contributed by atoms with van der Waals surface area (Å²) in [6.45, 7) is 6.27. The van der Waals surface area contributed by atoms with Crippen LogP contribution in [0.4, 0.5) is 5.69 Å². The van der Waals surface area contributed by atoms with Crippen LogP contribution in [0, 0.1) is 18.8 Å². The minimum Gasteiger partial charge on any atom is -0.341 e. The highest BCUT2D eigenvalue weighted by Crippen LogP contribution is 2.21. The van der Waals surface area contributed by atoms with Crippen molar-refractivity contribution in [3.8, 4) is 0 Å². The van der Waals surface area contributed by atoms with Crippen LogP contribution in [0.5, 0.6) is 0 Å². The van der Waals surface area contributed by atoms with Gasteiger partial charge in [-0.25, -0.2) is 8.42 Å². The van der Waals surface area contributed by atoms with E-state index >= 15 is 0 Å². The van der Waals surface area contributed by atoms with Crippen LogP contribution in [0.3, 0.4) is 0 Å². The van der Waals surface area contributed by atoms with E-state index in [-0.39, 0.29) is 35.1 Å². The van der Waals surface area contributed by atoms with E-state index < -0.39 is 16.1 Å². The van der Waals surface area contributed by atoms with E-state index in [1.165, 1.54) is 12.1 Å². The summed E-state index contributed by atoms with van der Waals surface area (Å²) < 4.78 is 28.3. The lowest BCUT2D eigenvalue weighted by molar-refractivity contribution is -0.137. The SMILES string of the molecule is Cc1ccc(S(=O)(=O)N[C@H](C(=O)N2CCCC(C(=O)Nc3ccccc3)C2)C(C)C)cc1. The van der Waals surface area contributed by atoms with Crippen LogP contribution in [-0.2, 0) is 19.6 Å². The van der Waals surface area contributed by atoms with Gasteiger partial charge in [-0.15, -0.1) is 0 Å². The number of rotatable bonds is 7.